The Labute approximate surface area is 136 Å². The number of aryl methyl sites for hydroxylation is 1. The van der Waals surface area contributed by atoms with Gasteiger partial charge in [0.1, 0.15) is 0 Å². The van der Waals surface area contributed by atoms with Crippen LogP contribution in [0.2, 0.25) is 4.34 Å². The summed E-state index contributed by atoms with van der Waals surface area (Å²) in [5.41, 5.74) is 9.94. The Hall–Kier alpha value is -1.03. The molecule has 0 saturated heterocycles. The summed E-state index contributed by atoms with van der Waals surface area (Å²) in [4.78, 5) is 3.52. The maximum Gasteiger partial charge on any atom is 0.0931 e. The molecule has 2 N–H and O–H groups in total. The van der Waals surface area contributed by atoms with Gasteiger partial charge in [0.15, 0.2) is 0 Å². The standard InChI is InChI=1S/C17H23ClN2S/c1-4-14(19)10-13-5-6-15(9-12(13)2)20(3)11-16-7-8-17(18)21-16/h5-9,14H,4,10-11,19H2,1-3H3. The minimum absolute atomic E-state index is 0.251. The minimum atomic E-state index is 0.251. The molecule has 0 aliphatic heterocycles. The molecule has 114 valence electrons. The van der Waals surface area contributed by atoms with Gasteiger partial charge in [0.05, 0.1) is 10.9 Å². The fourth-order valence-electron chi connectivity index (χ4n) is 2.34. The molecule has 0 saturated carbocycles. The molecular weight excluding hydrogens is 300 g/mol. The van der Waals surface area contributed by atoms with Crippen LogP contribution in [0, 0.1) is 6.92 Å². The van der Waals surface area contributed by atoms with Crippen LogP contribution in [-0.2, 0) is 13.0 Å². The van der Waals surface area contributed by atoms with Gasteiger partial charge in [-0.1, -0.05) is 24.6 Å². The summed E-state index contributed by atoms with van der Waals surface area (Å²) >= 11 is 7.62. The van der Waals surface area contributed by atoms with Crippen LogP contribution >= 0.6 is 22.9 Å². The predicted octanol–water partition coefficient (Wildman–Crippen LogP) is 4.63. The number of halogens is 1. The maximum absolute atomic E-state index is 6.05. The number of nitrogens with zero attached hydrogens (tertiary/aromatic N) is 1. The van der Waals surface area contributed by atoms with E-state index in [0.717, 1.165) is 23.7 Å². The first-order valence-corrected chi connectivity index (χ1v) is 8.49. The fraction of sp³-hybridized carbons (Fsp3) is 0.412. The zero-order valence-electron chi connectivity index (χ0n) is 12.9. The third-order valence-corrected chi connectivity index (χ3v) is 5.01. The Morgan fingerprint density at radius 3 is 2.62 bits per heavy atom. The molecule has 21 heavy (non-hydrogen) atoms. The fourth-order valence-corrected chi connectivity index (χ4v) is 3.48. The SMILES string of the molecule is CCC(N)Cc1ccc(N(C)Cc2ccc(Cl)s2)cc1C. The van der Waals surface area contributed by atoms with Crippen molar-refractivity contribution < 1.29 is 0 Å². The van der Waals surface area contributed by atoms with E-state index in [-0.39, 0.29) is 6.04 Å². The lowest BCUT2D eigenvalue weighted by molar-refractivity contribution is 0.644. The molecule has 0 amide bonds. The topological polar surface area (TPSA) is 29.3 Å². The second-order valence-electron chi connectivity index (χ2n) is 5.55. The summed E-state index contributed by atoms with van der Waals surface area (Å²) in [7, 11) is 2.11. The lowest BCUT2D eigenvalue weighted by Gasteiger charge is -2.20. The minimum Gasteiger partial charge on any atom is -0.369 e. The Morgan fingerprint density at radius 2 is 2.05 bits per heavy atom. The molecule has 1 atom stereocenters. The normalized spacial score (nSPS) is 12.4. The highest BCUT2D eigenvalue weighted by Crippen LogP contribution is 2.25. The lowest BCUT2D eigenvalue weighted by atomic mass is 9.99. The molecule has 0 spiro atoms. The van der Waals surface area contributed by atoms with Gasteiger partial charge in [0.25, 0.3) is 0 Å². The second kappa shape index (κ2) is 7.30. The van der Waals surface area contributed by atoms with E-state index in [0.29, 0.717) is 0 Å². The van der Waals surface area contributed by atoms with Crippen LogP contribution in [0.3, 0.4) is 0 Å². The number of benzene rings is 1. The van der Waals surface area contributed by atoms with E-state index in [1.807, 2.05) is 6.07 Å². The van der Waals surface area contributed by atoms with Gasteiger partial charge in [-0.2, -0.15) is 0 Å². The monoisotopic (exact) mass is 322 g/mol. The van der Waals surface area contributed by atoms with Crippen molar-refractivity contribution in [3.63, 3.8) is 0 Å². The van der Waals surface area contributed by atoms with Crippen LogP contribution in [0.1, 0.15) is 29.3 Å². The van der Waals surface area contributed by atoms with Gasteiger partial charge < -0.3 is 10.6 Å². The molecule has 2 nitrogen and oxygen atoms in total. The van der Waals surface area contributed by atoms with Gasteiger partial charge >= 0.3 is 0 Å². The van der Waals surface area contributed by atoms with Crippen LogP contribution in [0.4, 0.5) is 5.69 Å². The van der Waals surface area contributed by atoms with Crippen molar-refractivity contribution in [2.75, 3.05) is 11.9 Å². The average Bonchev–Trinajstić information content (AvgIpc) is 2.86. The maximum atomic E-state index is 6.05. The van der Waals surface area contributed by atoms with Crippen LogP contribution in [0.5, 0.6) is 0 Å². The van der Waals surface area contributed by atoms with Gasteiger partial charge in [0, 0.05) is 23.7 Å². The Balaban J connectivity index is 2.08. The van der Waals surface area contributed by atoms with Crippen molar-refractivity contribution >= 4 is 28.6 Å². The molecule has 2 aromatic rings. The highest BCUT2D eigenvalue weighted by molar-refractivity contribution is 7.16. The summed E-state index contributed by atoms with van der Waals surface area (Å²) in [6.07, 6.45) is 1.97. The smallest absolute Gasteiger partial charge is 0.0931 e. The van der Waals surface area contributed by atoms with Crippen molar-refractivity contribution in [1.29, 1.82) is 0 Å². The summed E-state index contributed by atoms with van der Waals surface area (Å²) < 4.78 is 0.846. The van der Waals surface area contributed by atoms with E-state index < -0.39 is 0 Å². The summed E-state index contributed by atoms with van der Waals surface area (Å²) in [6, 6.07) is 10.9. The van der Waals surface area contributed by atoms with Gasteiger partial charge in [-0.15, -0.1) is 11.3 Å². The predicted molar refractivity (Wildman–Crippen MR) is 94.6 cm³/mol. The Morgan fingerprint density at radius 1 is 1.29 bits per heavy atom. The van der Waals surface area contributed by atoms with Crippen LogP contribution in [0.15, 0.2) is 30.3 Å². The molecule has 1 heterocycles. The van der Waals surface area contributed by atoms with Crippen molar-refractivity contribution in [3.8, 4) is 0 Å². The van der Waals surface area contributed by atoms with Gasteiger partial charge in [0.2, 0.25) is 0 Å². The first kappa shape index (κ1) is 16.3. The zero-order chi connectivity index (χ0) is 15.4. The van der Waals surface area contributed by atoms with E-state index >= 15 is 0 Å². The van der Waals surface area contributed by atoms with Gasteiger partial charge in [-0.25, -0.2) is 0 Å². The first-order valence-electron chi connectivity index (χ1n) is 7.30. The molecule has 0 aliphatic carbocycles. The molecular formula is C17H23ClN2S. The largest absolute Gasteiger partial charge is 0.369 e. The number of hydrogen-bond acceptors (Lipinski definition) is 3. The molecule has 4 heteroatoms. The first-order chi connectivity index (χ1) is 9.99. The molecule has 0 fully saturated rings. The number of hydrogen-bond donors (Lipinski definition) is 1. The lowest BCUT2D eigenvalue weighted by Crippen LogP contribution is -2.22. The Bertz CT molecular complexity index is 594. The number of rotatable bonds is 6. The van der Waals surface area contributed by atoms with E-state index in [1.54, 1.807) is 11.3 Å². The quantitative estimate of drug-likeness (QED) is 0.840. The van der Waals surface area contributed by atoms with Crippen molar-refractivity contribution in [2.45, 2.75) is 39.3 Å². The van der Waals surface area contributed by atoms with E-state index in [1.165, 1.54) is 21.7 Å². The van der Waals surface area contributed by atoms with Crippen LogP contribution in [-0.4, -0.2) is 13.1 Å². The van der Waals surface area contributed by atoms with Gasteiger partial charge in [-0.3, -0.25) is 0 Å². The summed E-state index contributed by atoms with van der Waals surface area (Å²) in [5, 5.41) is 0. The number of nitrogens with two attached hydrogens (primary N) is 1. The van der Waals surface area contributed by atoms with Crippen molar-refractivity contribution in [1.82, 2.24) is 0 Å². The molecule has 1 aromatic heterocycles. The van der Waals surface area contributed by atoms with Crippen LogP contribution < -0.4 is 10.6 Å². The molecule has 0 radical (unpaired) electrons. The zero-order valence-corrected chi connectivity index (χ0v) is 14.5. The summed E-state index contributed by atoms with van der Waals surface area (Å²) in [5.74, 6) is 0. The molecule has 1 unspecified atom stereocenters. The highest BCUT2D eigenvalue weighted by atomic mass is 35.5. The third-order valence-electron chi connectivity index (χ3n) is 3.80. The molecule has 0 aliphatic rings. The molecule has 1 aromatic carbocycles. The highest BCUT2D eigenvalue weighted by Gasteiger charge is 2.08. The summed E-state index contributed by atoms with van der Waals surface area (Å²) in [6.45, 7) is 5.18. The van der Waals surface area contributed by atoms with Crippen molar-refractivity contribution in [3.05, 3.63) is 50.7 Å². The van der Waals surface area contributed by atoms with Crippen LogP contribution in [0.25, 0.3) is 0 Å². The third kappa shape index (κ3) is 4.47. The molecule has 0 bridgehead atoms. The van der Waals surface area contributed by atoms with Crippen molar-refractivity contribution in [2.24, 2.45) is 5.73 Å². The van der Waals surface area contributed by atoms with E-state index in [2.05, 4.69) is 50.1 Å². The average molecular weight is 323 g/mol. The molecule has 2 rings (SSSR count). The second-order valence-corrected chi connectivity index (χ2v) is 7.34. The van der Waals surface area contributed by atoms with E-state index in [4.69, 9.17) is 17.3 Å². The number of anilines is 1. The Kier molecular flexibility index (Phi) is 5.68. The number of thiophene rings is 1. The van der Waals surface area contributed by atoms with E-state index in [9.17, 15) is 0 Å². The van der Waals surface area contributed by atoms with Gasteiger partial charge in [-0.05, 0) is 55.2 Å².